The number of nitrogens with one attached hydrogen (secondary N) is 2. The van der Waals surface area contributed by atoms with E-state index in [0.29, 0.717) is 24.0 Å². The van der Waals surface area contributed by atoms with Gasteiger partial charge >= 0.3 is 6.03 Å². The van der Waals surface area contributed by atoms with E-state index in [1.807, 2.05) is 24.3 Å². The fraction of sp³-hybridized carbons (Fsp3) is 0.375. The van der Waals surface area contributed by atoms with Crippen molar-refractivity contribution in [1.29, 1.82) is 0 Å². The molecular weight excluding hydrogens is 318 g/mol. The molecule has 0 radical (unpaired) electrons. The monoisotopic (exact) mass is 337 g/mol. The van der Waals surface area contributed by atoms with Gasteiger partial charge in [-0.3, -0.25) is 0 Å². The number of hydrogen-bond donors (Lipinski definition) is 2. The quantitative estimate of drug-likeness (QED) is 0.838. The van der Waals surface area contributed by atoms with E-state index in [0.717, 1.165) is 22.7 Å². The van der Waals surface area contributed by atoms with Crippen LogP contribution >= 0.6 is 22.9 Å². The minimum absolute atomic E-state index is 0.195. The Hall–Kier alpha value is -1.59. The van der Waals surface area contributed by atoms with Gasteiger partial charge in [0.2, 0.25) is 0 Å². The molecule has 0 aliphatic rings. The molecule has 0 saturated heterocycles. The summed E-state index contributed by atoms with van der Waals surface area (Å²) in [5.74, 6) is 0.450. The topological polar surface area (TPSA) is 54.0 Å². The second-order valence-electron chi connectivity index (χ2n) is 5.28. The van der Waals surface area contributed by atoms with Gasteiger partial charge in [0.15, 0.2) is 0 Å². The molecule has 0 fully saturated rings. The maximum absolute atomic E-state index is 11.7. The Morgan fingerprint density at radius 3 is 2.77 bits per heavy atom. The molecule has 0 atom stereocenters. The first kappa shape index (κ1) is 16.8. The van der Waals surface area contributed by atoms with Crippen LogP contribution in [-0.4, -0.2) is 17.6 Å². The zero-order chi connectivity index (χ0) is 15.9. The standard InChI is InChI=1S/C16H20ClN3OS/c1-11(2)15-20-13(10-22-15)7-8-18-16(21)19-9-12-5-3-4-6-14(12)17/h3-6,10-11H,7-9H2,1-2H3,(H2,18,19,21). The second-order valence-corrected chi connectivity index (χ2v) is 6.58. The third kappa shape index (κ3) is 5.00. The van der Waals surface area contributed by atoms with Gasteiger partial charge in [0.1, 0.15) is 0 Å². The Morgan fingerprint density at radius 2 is 2.09 bits per heavy atom. The van der Waals surface area contributed by atoms with Crippen LogP contribution < -0.4 is 10.6 Å². The van der Waals surface area contributed by atoms with Crippen LogP contribution in [0.25, 0.3) is 0 Å². The number of halogens is 1. The summed E-state index contributed by atoms with van der Waals surface area (Å²) in [6.45, 7) is 5.24. The lowest BCUT2D eigenvalue weighted by molar-refractivity contribution is 0.240. The van der Waals surface area contributed by atoms with Crippen molar-refractivity contribution in [2.75, 3.05) is 6.54 Å². The van der Waals surface area contributed by atoms with E-state index in [2.05, 4.69) is 34.8 Å². The number of nitrogens with zero attached hydrogens (tertiary/aromatic N) is 1. The van der Waals surface area contributed by atoms with Crippen molar-refractivity contribution in [2.24, 2.45) is 0 Å². The number of aromatic nitrogens is 1. The molecule has 0 bridgehead atoms. The number of thiazole rings is 1. The molecular formula is C16H20ClN3OS. The fourth-order valence-electron chi connectivity index (χ4n) is 1.89. The van der Waals surface area contributed by atoms with Crippen molar-refractivity contribution in [1.82, 2.24) is 15.6 Å². The maximum Gasteiger partial charge on any atom is 0.315 e. The zero-order valence-corrected chi connectivity index (χ0v) is 14.3. The molecule has 1 aromatic heterocycles. The van der Waals surface area contributed by atoms with Crippen molar-refractivity contribution in [3.63, 3.8) is 0 Å². The summed E-state index contributed by atoms with van der Waals surface area (Å²) in [5.41, 5.74) is 1.93. The number of hydrogen-bond acceptors (Lipinski definition) is 3. The third-order valence-corrected chi connectivity index (χ3v) is 4.69. The smallest absolute Gasteiger partial charge is 0.315 e. The summed E-state index contributed by atoms with van der Waals surface area (Å²) in [7, 11) is 0. The van der Waals surface area contributed by atoms with Gasteiger partial charge in [0, 0.05) is 35.8 Å². The van der Waals surface area contributed by atoms with Crippen LogP contribution in [0.4, 0.5) is 4.79 Å². The maximum atomic E-state index is 11.7. The van der Waals surface area contributed by atoms with E-state index in [9.17, 15) is 4.79 Å². The number of benzene rings is 1. The molecule has 118 valence electrons. The van der Waals surface area contributed by atoms with Crippen molar-refractivity contribution in [3.8, 4) is 0 Å². The fourth-order valence-corrected chi connectivity index (χ4v) is 2.96. The molecule has 1 aromatic carbocycles. The van der Waals surface area contributed by atoms with Crippen LogP contribution in [0.15, 0.2) is 29.6 Å². The Balaban J connectivity index is 1.70. The molecule has 0 aliphatic heterocycles. The number of amides is 2. The largest absolute Gasteiger partial charge is 0.338 e. The molecule has 1 heterocycles. The highest BCUT2D eigenvalue weighted by Gasteiger charge is 2.07. The average Bonchev–Trinajstić information content (AvgIpc) is 2.95. The van der Waals surface area contributed by atoms with Gasteiger partial charge in [-0.15, -0.1) is 11.3 Å². The van der Waals surface area contributed by atoms with E-state index in [4.69, 9.17) is 11.6 Å². The molecule has 2 amide bonds. The Bertz CT molecular complexity index is 627. The lowest BCUT2D eigenvalue weighted by Gasteiger charge is -2.08. The normalized spacial score (nSPS) is 10.7. The highest BCUT2D eigenvalue weighted by atomic mass is 35.5. The molecule has 2 rings (SSSR count). The van der Waals surface area contributed by atoms with Gasteiger partial charge < -0.3 is 10.6 Å². The summed E-state index contributed by atoms with van der Waals surface area (Å²) >= 11 is 7.71. The summed E-state index contributed by atoms with van der Waals surface area (Å²) in [5, 5.41) is 9.48. The zero-order valence-electron chi connectivity index (χ0n) is 12.7. The Kier molecular flexibility index (Phi) is 6.21. The highest BCUT2D eigenvalue weighted by molar-refractivity contribution is 7.09. The van der Waals surface area contributed by atoms with Gasteiger partial charge in [-0.2, -0.15) is 0 Å². The van der Waals surface area contributed by atoms with Crippen LogP contribution in [-0.2, 0) is 13.0 Å². The van der Waals surface area contributed by atoms with E-state index >= 15 is 0 Å². The molecule has 0 aliphatic carbocycles. The average molecular weight is 338 g/mol. The van der Waals surface area contributed by atoms with Crippen molar-refractivity contribution < 1.29 is 4.79 Å². The van der Waals surface area contributed by atoms with Gasteiger partial charge in [-0.25, -0.2) is 9.78 Å². The van der Waals surface area contributed by atoms with E-state index < -0.39 is 0 Å². The van der Waals surface area contributed by atoms with Crippen LogP contribution in [0, 0.1) is 0 Å². The van der Waals surface area contributed by atoms with Crippen LogP contribution in [0.1, 0.15) is 36.0 Å². The third-order valence-electron chi connectivity index (χ3n) is 3.13. The van der Waals surface area contributed by atoms with Gasteiger partial charge in [0.25, 0.3) is 0 Å². The van der Waals surface area contributed by atoms with Crippen molar-refractivity contribution in [3.05, 3.63) is 50.9 Å². The Labute approximate surface area is 139 Å². The number of rotatable bonds is 6. The van der Waals surface area contributed by atoms with Gasteiger partial charge in [-0.05, 0) is 11.6 Å². The summed E-state index contributed by atoms with van der Waals surface area (Å²) in [6.07, 6.45) is 0.739. The minimum Gasteiger partial charge on any atom is -0.338 e. The van der Waals surface area contributed by atoms with Crippen molar-refractivity contribution in [2.45, 2.75) is 32.7 Å². The summed E-state index contributed by atoms with van der Waals surface area (Å²) < 4.78 is 0. The molecule has 4 nitrogen and oxygen atoms in total. The van der Waals surface area contributed by atoms with E-state index in [1.54, 1.807) is 11.3 Å². The van der Waals surface area contributed by atoms with Crippen molar-refractivity contribution >= 4 is 29.0 Å². The highest BCUT2D eigenvalue weighted by Crippen LogP contribution is 2.19. The SMILES string of the molecule is CC(C)c1nc(CCNC(=O)NCc2ccccc2Cl)cs1. The molecule has 6 heteroatoms. The molecule has 2 N–H and O–H groups in total. The molecule has 0 unspecified atom stereocenters. The first-order chi connectivity index (χ1) is 10.6. The van der Waals surface area contributed by atoms with Crippen LogP contribution in [0.5, 0.6) is 0 Å². The van der Waals surface area contributed by atoms with E-state index in [1.165, 1.54) is 0 Å². The Morgan fingerprint density at radius 1 is 1.32 bits per heavy atom. The van der Waals surface area contributed by atoms with E-state index in [-0.39, 0.29) is 6.03 Å². The first-order valence-electron chi connectivity index (χ1n) is 7.25. The van der Waals surface area contributed by atoms with Gasteiger partial charge in [0.05, 0.1) is 10.7 Å². The van der Waals surface area contributed by atoms with Crippen LogP contribution in [0.3, 0.4) is 0 Å². The predicted molar refractivity (Wildman–Crippen MR) is 91.6 cm³/mol. The predicted octanol–water partition coefficient (Wildman–Crippen LogP) is 3.96. The number of urea groups is 1. The molecule has 2 aromatic rings. The first-order valence-corrected chi connectivity index (χ1v) is 8.51. The lowest BCUT2D eigenvalue weighted by atomic mass is 10.2. The second kappa shape index (κ2) is 8.15. The minimum atomic E-state index is -0.195. The molecule has 22 heavy (non-hydrogen) atoms. The number of carbonyl (C=O) groups is 1. The molecule has 0 spiro atoms. The van der Waals surface area contributed by atoms with Gasteiger partial charge in [-0.1, -0.05) is 43.6 Å². The molecule has 0 saturated carbocycles. The summed E-state index contributed by atoms with van der Waals surface area (Å²) in [6, 6.07) is 7.27. The summed E-state index contributed by atoms with van der Waals surface area (Å²) in [4.78, 5) is 16.3. The lowest BCUT2D eigenvalue weighted by Crippen LogP contribution is -2.36. The van der Waals surface area contributed by atoms with Crippen LogP contribution in [0.2, 0.25) is 5.02 Å². The number of carbonyl (C=O) groups excluding carboxylic acids is 1.